The second-order valence-electron chi connectivity index (χ2n) is 7.29. The van der Waals surface area contributed by atoms with Gasteiger partial charge in [0.15, 0.2) is 5.96 Å². The fraction of sp³-hybridized carbons (Fsp3) is 0.737. The monoisotopic (exact) mass is 460 g/mol. The summed E-state index contributed by atoms with van der Waals surface area (Å²) in [6.45, 7) is 6.46. The lowest BCUT2D eigenvalue weighted by Crippen LogP contribution is -2.48. The zero-order valence-corrected chi connectivity index (χ0v) is 17.9. The number of hydrogen-bond acceptors (Lipinski definition) is 3. The minimum atomic E-state index is 0. The summed E-state index contributed by atoms with van der Waals surface area (Å²) in [5.74, 6) is 1.95. The van der Waals surface area contributed by atoms with Crippen molar-refractivity contribution < 1.29 is 4.42 Å². The number of halogens is 1. The van der Waals surface area contributed by atoms with Gasteiger partial charge in [0.1, 0.15) is 5.76 Å². The van der Waals surface area contributed by atoms with Gasteiger partial charge in [-0.1, -0.05) is 13.3 Å². The average molecular weight is 460 g/mol. The van der Waals surface area contributed by atoms with E-state index >= 15 is 0 Å². The van der Waals surface area contributed by atoms with Gasteiger partial charge in [0.25, 0.3) is 0 Å². The summed E-state index contributed by atoms with van der Waals surface area (Å²) < 4.78 is 5.69. The van der Waals surface area contributed by atoms with Crippen molar-refractivity contribution in [2.24, 2.45) is 10.4 Å². The second kappa shape index (κ2) is 9.80. The van der Waals surface area contributed by atoms with Crippen LogP contribution in [0.15, 0.2) is 27.8 Å². The third-order valence-electron chi connectivity index (χ3n) is 5.93. The Balaban J connectivity index is 0.00000225. The Hall–Kier alpha value is -0.760. The van der Waals surface area contributed by atoms with E-state index in [-0.39, 0.29) is 30.0 Å². The quantitative estimate of drug-likeness (QED) is 0.370. The van der Waals surface area contributed by atoms with Crippen molar-refractivity contribution in [2.75, 3.05) is 33.2 Å². The Labute approximate surface area is 169 Å². The molecular weight excluding hydrogens is 427 g/mol. The van der Waals surface area contributed by atoms with Gasteiger partial charge in [-0.2, -0.15) is 0 Å². The molecule has 1 unspecified atom stereocenters. The largest absolute Gasteiger partial charge is 0.468 e. The number of hydrogen-bond donors (Lipinski definition) is 2. The Morgan fingerprint density at radius 1 is 1.28 bits per heavy atom. The summed E-state index contributed by atoms with van der Waals surface area (Å²) >= 11 is 0. The fourth-order valence-corrected chi connectivity index (χ4v) is 3.96. The van der Waals surface area contributed by atoms with E-state index in [1.165, 1.54) is 38.5 Å². The van der Waals surface area contributed by atoms with Gasteiger partial charge in [0.2, 0.25) is 0 Å². The van der Waals surface area contributed by atoms with E-state index in [1.54, 1.807) is 6.26 Å². The van der Waals surface area contributed by atoms with Crippen molar-refractivity contribution >= 4 is 29.9 Å². The molecule has 142 valence electrons. The van der Waals surface area contributed by atoms with Crippen molar-refractivity contribution in [3.8, 4) is 0 Å². The highest BCUT2D eigenvalue weighted by molar-refractivity contribution is 14.0. The summed E-state index contributed by atoms with van der Waals surface area (Å²) in [6.07, 6.45) is 9.64. The average Bonchev–Trinajstić information content (AvgIpc) is 3.26. The van der Waals surface area contributed by atoms with Crippen molar-refractivity contribution in [3.63, 3.8) is 0 Å². The molecule has 1 saturated carbocycles. The molecule has 1 aliphatic carbocycles. The van der Waals surface area contributed by atoms with Crippen molar-refractivity contribution in [2.45, 2.75) is 51.5 Å². The van der Waals surface area contributed by atoms with Gasteiger partial charge in [-0.3, -0.25) is 9.89 Å². The summed E-state index contributed by atoms with van der Waals surface area (Å²) in [7, 11) is 1.85. The highest BCUT2D eigenvalue weighted by Crippen LogP contribution is 2.43. The van der Waals surface area contributed by atoms with E-state index in [4.69, 9.17) is 4.42 Å². The minimum absolute atomic E-state index is 0. The zero-order valence-electron chi connectivity index (χ0n) is 15.6. The molecule has 1 aromatic rings. The minimum Gasteiger partial charge on any atom is -0.468 e. The molecule has 1 atom stereocenters. The van der Waals surface area contributed by atoms with Crippen LogP contribution in [0.25, 0.3) is 0 Å². The molecule has 0 bridgehead atoms. The van der Waals surface area contributed by atoms with Crippen LogP contribution in [0.4, 0.5) is 0 Å². The highest BCUT2D eigenvalue weighted by Gasteiger charge is 2.35. The molecule has 1 aliphatic heterocycles. The molecule has 1 aromatic heterocycles. The van der Waals surface area contributed by atoms with E-state index < -0.39 is 0 Å². The van der Waals surface area contributed by atoms with Crippen molar-refractivity contribution in [1.29, 1.82) is 0 Å². The molecule has 0 spiro atoms. The summed E-state index contributed by atoms with van der Waals surface area (Å²) in [5, 5.41) is 7.06. The Bertz CT molecular complexity index is 516. The number of nitrogens with zero attached hydrogens (tertiary/aromatic N) is 2. The van der Waals surface area contributed by atoms with Crippen molar-refractivity contribution in [3.05, 3.63) is 24.2 Å². The first kappa shape index (κ1) is 20.6. The Morgan fingerprint density at radius 3 is 2.56 bits per heavy atom. The summed E-state index contributed by atoms with van der Waals surface area (Å²) in [5.41, 5.74) is 0.493. The van der Waals surface area contributed by atoms with Crippen LogP contribution in [-0.2, 0) is 0 Å². The third-order valence-corrected chi connectivity index (χ3v) is 5.93. The van der Waals surface area contributed by atoms with Crippen LogP contribution < -0.4 is 10.6 Å². The molecule has 1 saturated heterocycles. The summed E-state index contributed by atoms with van der Waals surface area (Å²) in [4.78, 5) is 6.92. The summed E-state index contributed by atoms with van der Waals surface area (Å²) in [6, 6.07) is 4.35. The maximum atomic E-state index is 5.69. The number of rotatable bonds is 7. The lowest BCUT2D eigenvalue weighted by atomic mass is 9.67. The number of nitrogens with one attached hydrogen (secondary N) is 2. The van der Waals surface area contributed by atoms with Gasteiger partial charge in [-0.05, 0) is 62.7 Å². The van der Waals surface area contributed by atoms with Gasteiger partial charge in [-0.25, -0.2) is 0 Å². The smallest absolute Gasteiger partial charge is 0.191 e. The van der Waals surface area contributed by atoms with E-state index in [0.29, 0.717) is 5.41 Å². The van der Waals surface area contributed by atoms with Crippen LogP contribution in [0.1, 0.15) is 57.3 Å². The van der Waals surface area contributed by atoms with Gasteiger partial charge < -0.3 is 15.1 Å². The lowest BCUT2D eigenvalue weighted by molar-refractivity contribution is 0.131. The van der Waals surface area contributed by atoms with Gasteiger partial charge in [0.05, 0.1) is 12.3 Å². The molecule has 0 radical (unpaired) electrons. The van der Waals surface area contributed by atoms with E-state index in [1.807, 2.05) is 13.1 Å². The number of guanidine groups is 1. The predicted molar refractivity (Wildman–Crippen MR) is 114 cm³/mol. The number of furan rings is 1. The Kier molecular flexibility index (Phi) is 8.06. The zero-order chi connectivity index (χ0) is 16.8. The molecule has 25 heavy (non-hydrogen) atoms. The van der Waals surface area contributed by atoms with E-state index in [9.17, 15) is 0 Å². The van der Waals surface area contributed by atoms with E-state index in [0.717, 1.165) is 37.9 Å². The molecule has 5 nitrogen and oxygen atoms in total. The van der Waals surface area contributed by atoms with Crippen LogP contribution in [0.2, 0.25) is 0 Å². The Morgan fingerprint density at radius 2 is 2.04 bits per heavy atom. The van der Waals surface area contributed by atoms with E-state index in [2.05, 4.69) is 33.5 Å². The first-order chi connectivity index (χ1) is 11.8. The SMILES string of the molecule is CCC1(CNC(=NC)NCC(c2ccco2)N2CCCC2)CCC1.I. The molecule has 2 aliphatic rings. The predicted octanol–water partition coefficient (Wildman–Crippen LogP) is 3.78. The molecule has 0 aromatic carbocycles. The first-order valence-electron chi connectivity index (χ1n) is 9.48. The van der Waals surface area contributed by atoms with Crippen molar-refractivity contribution in [1.82, 2.24) is 15.5 Å². The maximum absolute atomic E-state index is 5.69. The van der Waals surface area contributed by atoms with Crippen LogP contribution in [0.3, 0.4) is 0 Å². The molecule has 3 rings (SSSR count). The normalized spacial score (nSPS) is 21.3. The number of aliphatic imine (C=N–C) groups is 1. The molecule has 0 amide bonds. The lowest BCUT2D eigenvalue weighted by Gasteiger charge is -2.41. The third kappa shape index (κ3) is 5.12. The maximum Gasteiger partial charge on any atom is 0.191 e. The van der Waals surface area contributed by atoms with Crippen LogP contribution in [0.5, 0.6) is 0 Å². The second-order valence-corrected chi connectivity index (χ2v) is 7.29. The standard InChI is InChI=1S/C19H32N4O.HI/c1-3-19(9-7-10-19)15-22-18(20-2)21-14-16(17-8-6-13-24-17)23-11-4-5-12-23;/h6,8,13,16H,3-5,7,9-12,14-15H2,1-2H3,(H2,20,21,22);1H. The highest BCUT2D eigenvalue weighted by atomic mass is 127. The molecule has 2 heterocycles. The van der Waals surface area contributed by atoms with Gasteiger partial charge in [0, 0.05) is 20.1 Å². The van der Waals surface area contributed by atoms with Crippen LogP contribution in [-0.4, -0.2) is 44.1 Å². The van der Waals surface area contributed by atoms with Crippen LogP contribution >= 0.6 is 24.0 Å². The molecule has 2 N–H and O–H groups in total. The molecule has 6 heteroatoms. The van der Waals surface area contributed by atoms with Crippen LogP contribution in [0, 0.1) is 5.41 Å². The fourth-order valence-electron chi connectivity index (χ4n) is 3.96. The molecule has 2 fully saturated rings. The van der Waals surface area contributed by atoms with Gasteiger partial charge in [-0.15, -0.1) is 24.0 Å². The topological polar surface area (TPSA) is 52.8 Å². The first-order valence-corrected chi connectivity index (χ1v) is 9.48. The molecular formula is C19H33IN4O. The number of likely N-dealkylation sites (tertiary alicyclic amines) is 1. The van der Waals surface area contributed by atoms with Gasteiger partial charge >= 0.3 is 0 Å².